The molecule has 0 rings (SSSR count). The fraction of sp³-hybridized carbons (Fsp3) is 0.400. The van der Waals surface area contributed by atoms with Crippen molar-refractivity contribution in [1.29, 1.82) is 0 Å². The maximum atomic E-state index is 11.2. The van der Waals surface area contributed by atoms with Crippen molar-refractivity contribution in [3.63, 3.8) is 0 Å². The van der Waals surface area contributed by atoms with Crippen LogP contribution in [-0.2, 0) is 4.74 Å². The number of alkyl halides is 3. The van der Waals surface area contributed by atoms with E-state index in [1.165, 1.54) is 0 Å². The molecule has 0 amide bonds. The van der Waals surface area contributed by atoms with Gasteiger partial charge >= 0.3 is 6.18 Å². The van der Waals surface area contributed by atoms with E-state index in [1.54, 1.807) is 0 Å². The van der Waals surface area contributed by atoms with Gasteiger partial charge in [0, 0.05) is 6.08 Å². The third-order valence-electron chi connectivity index (χ3n) is 0.521. The lowest BCUT2D eigenvalue weighted by Gasteiger charge is -1.95. The predicted octanol–water partition coefficient (Wildman–Crippen LogP) is 1.91. The summed E-state index contributed by atoms with van der Waals surface area (Å²) in [5.74, 6) is 0. The summed E-state index contributed by atoms with van der Waals surface area (Å²) in [6.07, 6.45) is -3.27. The van der Waals surface area contributed by atoms with Crippen LogP contribution in [0.1, 0.15) is 0 Å². The van der Waals surface area contributed by atoms with Crippen molar-refractivity contribution < 1.29 is 17.9 Å². The Morgan fingerprint density at radius 2 is 2.00 bits per heavy atom. The summed E-state index contributed by atoms with van der Waals surface area (Å²) in [5, 5.41) is 0. The first-order chi connectivity index (χ1) is 4.06. The SMILES string of the molecule is [CH2]OCC=CC(F)(F)F. The van der Waals surface area contributed by atoms with E-state index in [0.717, 1.165) is 6.08 Å². The molecule has 0 aromatic heterocycles. The highest BCUT2D eigenvalue weighted by molar-refractivity contribution is 4.88. The minimum Gasteiger partial charge on any atom is -0.375 e. The molecule has 0 bridgehead atoms. The Balaban J connectivity index is 3.45. The lowest BCUT2D eigenvalue weighted by Crippen LogP contribution is -2.01. The lowest BCUT2D eigenvalue weighted by atomic mass is 10.5. The highest BCUT2D eigenvalue weighted by atomic mass is 19.4. The van der Waals surface area contributed by atoms with Crippen LogP contribution in [0.3, 0.4) is 0 Å². The standard InChI is InChI=1S/C5H6F3O/c1-9-4-2-3-5(6,7)8/h2-3H,1,4H2. The molecule has 1 radical (unpaired) electrons. The average molecular weight is 139 g/mol. The first-order valence-electron chi connectivity index (χ1n) is 2.17. The molecule has 0 spiro atoms. The second-order valence-corrected chi connectivity index (χ2v) is 1.31. The Bertz CT molecular complexity index is 94.9. The van der Waals surface area contributed by atoms with Gasteiger partial charge in [0.15, 0.2) is 0 Å². The summed E-state index contributed by atoms with van der Waals surface area (Å²) in [4.78, 5) is 0. The van der Waals surface area contributed by atoms with Crippen molar-refractivity contribution in [2.24, 2.45) is 0 Å². The fourth-order valence-corrected chi connectivity index (χ4v) is 0.250. The van der Waals surface area contributed by atoms with Gasteiger partial charge in [0.2, 0.25) is 0 Å². The zero-order valence-electron chi connectivity index (χ0n) is 4.61. The number of ether oxygens (including phenoxy) is 1. The van der Waals surface area contributed by atoms with Crippen molar-refractivity contribution in [1.82, 2.24) is 0 Å². The molecule has 0 unspecified atom stereocenters. The molecule has 53 valence electrons. The summed E-state index contributed by atoms with van der Waals surface area (Å²) in [7, 11) is 2.89. The molecule has 0 saturated heterocycles. The normalized spacial score (nSPS) is 12.9. The molecular weight excluding hydrogens is 133 g/mol. The zero-order valence-corrected chi connectivity index (χ0v) is 4.61. The van der Waals surface area contributed by atoms with Gasteiger partial charge in [-0.3, -0.25) is 0 Å². The van der Waals surface area contributed by atoms with Crippen molar-refractivity contribution in [3.8, 4) is 0 Å². The molecule has 0 aliphatic heterocycles. The second kappa shape index (κ2) is 3.50. The molecule has 0 heterocycles. The van der Waals surface area contributed by atoms with E-state index in [2.05, 4.69) is 11.8 Å². The quantitative estimate of drug-likeness (QED) is 0.531. The highest BCUT2D eigenvalue weighted by Crippen LogP contribution is 2.15. The van der Waals surface area contributed by atoms with E-state index in [9.17, 15) is 13.2 Å². The average Bonchev–Trinajstić information content (AvgIpc) is 1.63. The highest BCUT2D eigenvalue weighted by Gasteiger charge is 2.21. The van der Waals surface area contributed by atoms with Crippen LogP contribution in [0.5, 0.6) is 0 Å². The maximum absolute atomic E-state index is 11.2. The molecule has 0 atom stereocenters. The summed E-state index contributed by atoms with van der Waals surface area (Å²) in [6.45, 7) is -0.112. The van der Waals surface area contributed by atoms with Gasteiger partial charge in [-0.05, 0) is 0 Å². The van der Waals surface area contributed by atoms with Gasteiger partial charge in [0.25, 0.3) is 0 Å². The van der Waals surface area contributed by atoms with Gasteiger partial charge in [0.1, 0.15) is 0 Å². The molecule has 9 heavy (non-hydrogen) atoms. The molecule has 0 N–H and O–H groups in total. The van der Waals surface area contributed by atoms with Crippen LogP contribution in [0, 0.1) is 7.11 Å². The van der Waals surface area contributed by atoms with Crippen molar-refractivity contribution >= 4 is 0 Å². The first kappa shape index (κ1) is 8.49. The maximum Gasteiger partial charge on any atom is 0.409 e. The predicted molar refractivity (Wildman–Crippen MR) is 26.5 cm³/mol. The van der Waals surface area contributed by atoms with E-state index in [0.29, 0.717) is 0 Å². The Kier molecular flexibility index (Phi) is 3.30. The number of halogens is 3. The van der Waals surface area contributed by atoms with Gasteiger partial charge in [-0.25, -0.2) is 0 Å². The van der Waals surface area contributed by atoms with Crippen molar-refractivity contribution in [2.45, 2.75) is 6.18 Å². The first-order valence-corrected chi connectivity index (χ1v) is 2.17. The molecule has 0 aromatic rings. The van der Waals surface area contributed by atoms with Crippen LogP contribution in [0.4, 0.5) is 13.2 Å². The number of allylic oxidation sites excluding steroid dienone is 1. The van der Waals surface area contributed by atoms with Crippen LogP contribution < -0.4 is 0 Å². The van der Waals surface area contributed by atoms with Crippen LogP contribution >= 0.6 is 0 Å². The summed E-state index contributed by atoms with van der Waals surface area (Å²) < 4.78 is 37.7. The minimum atomic E-state index is -4.24. The topological polar surface area (TPSA) is 9.23 Å². The van der Waals surface area contributed by atoms with E-state index >= 15 is 0 Å². The Morgan fingerprint density at radius 1 is 1.44 bits per heavy atom. The largest absolute Gasteiger partial charge is 0.409 e. The lowest BCUT2D eigenvalue weighted by molar-refractivity contribution is -0.0802. The summed E-state index contributed by atoms with van der Waals surface area (Å²) in [6, 6.07) is 0. The molecule has 0 aliphatic carbocycles. The zero-order chi connectivity index (χ0) is 7.33. The number of rotatable bonds is 2. The summed E-state index contributed by atoms with van der Waals surface area (Å²) in [5.41, 5.74) is 0. The van der Waals surface area contributed by atoms with Crippen LogP contribution in [0.25, 0.3) is 0 Å². The van der Waals surface area contributed by atoms with Gasteiger partial charge < -0.3 is 4.74 Å². The molecular formula is C5H6F3O. The Hall–Kier alpha value is -0.510. The third kappa shape index (κ3) is 7.49. The van der Waals surface area contributed by atoms with Crippen LogP contribution in [-0.4, -0.2) is 12.8 Å². The van der Waals surface area contributed by atoms with E-state index < -0.39 is 6.18 Å². The van der Waals surface area contributed by atoms with Crippen LogP contribution in [0.15, 0.2) is 12.2 Å². The monoisotopic (exact) mass is 139 g/mol. The Morgan fingerprint density at radius 3 is 2.33 bits per heavy atom. The smallest absolute Gasteiger partial charge is 0.375 e. The number of hydrogen-bond donors (Lipinski definition) is 0. The molecule has 1 nitrogen and oxygen atoms in total. The molecule has 4 heteroatoms. The minimum absolute atomic E-state index is 0.109. The van der Waals surface area contributed by atoms with Gasteiger partial charge in [-0.15, -0.1) is 0 Å². The van der Waals surface area contributed by atoms with E-state index in [4.69, 9.17) is 0 Å². The van der Waals surface area contributed by atoms with Crippen molar-refractivity contribution in [3.05, 3.63) is 19.3 Å². The van der Waals surface area contributed by atoms with Crippen molar-refractivity contribution in [2.75, 3.05) is 6.61 Å². The van der Waals surface area contributed by atoms with E-state index in [-0.39, 0.29) is 12.7 Å². The second-order valence-electron chi connectivity index (χ2n) is 1.31. The number of hydrogen-bond acceptors (Lipinski definition) is 1. The Labute approximate surface area is 51.1 Å². The molecule has 0 saturated carbocycles. The third-order valence-corrected chi connectivity index (χ3v) is 0.521. The van der Waals surface area contributed by atoms with Crippen LogP contribution in [0.2, 0.25) is 0 Å². The molecule has 0 fully saturated rings. The van der Waals surface area contributed by atoms with Gasteiger partial charge in [-0.1, -0.05) is 6.08 Å². The fourth-order valence-electron chi connectivity index (χ4n) is 0.250. The molecule has 0 aliphatic rings. The van der Waals surface area contributed by atoms with E-state index in [1.807, 2.05) is 0 Å². The van der Waals surface area contributed by atoms with Gasteiger partial charge in [0.05, 0.1) is 13.7 Å². The van der Waals surface area contributed by atoms with Gasteiger partial charge in [-0.2, -0.15) is 13.2 Å². The summed E-state index contributed by atoms with van der Waals surface area (Å²) >= 11 is 0. The molecule has 0 aromatic carbocycles.